The maximum absolute atomic E-state index is 11.9. The summed E-state index contributed by atoms with van der Waals surface area (Å²) in [6, 6.07) is 7.41. The summed E-state index contributed by atoms with van der Waals surface area (Å²) in [5, 5.41) is 9.25. The van der Waals surface area contributed by atoms with Crippen LogP contribution in [-0.2, 0) is 20.4 Å². The third-order valence-electron chi connectivity index (χ3n) is 2.61. The van der Waals surface area contributed by atoms with E-state index < -0.39 is 21.7 Å². The zero-order valence-corrected chi connectivity index (χ0v) is 11.9. The van der Waals surface area contributed by atoms with Crippen LogP contribution >= 0.6 is 11.3 Å². The first kappa shape index (κ1) is 14.0. The summed E-state index contributed by atoms with van der Waals surface area (Å²) in [5.41, 5.74) is 0.768. The summed E-state index contributed by atoms with van der Waals surface area (Å²) in [6.07, 6.45) is 0. The molecule has 0 spiro atoms. The molecule has 0 fully saturated rings. The second-order valence-electron chi connectivity index (χ2n) is 4.37. The van der Waals surface area contributed by atoms with Crippen molar-refractivity contribution in [2.24, 2.45) is 5.92 Å². The molecular weight excluding hydrogens is 286 g/mol. The molecule has 5 nitrogen and oxygen atoms in total. The number of sulfone groups is 1. The molecule has 1 heterocycles. The zero-order chi connectivity index (χ0) is 14.0. The Kier molecular flexibility index (Phi) is 3.86. The van der Waals surface area contributed by atoms with Crippen molar-refractivity contribution in [3.63, 3.8) is 0 Å². The van der Waals surface area contributed by atoms with E-state index in [9.17, 15) is 13.2 Å². The van der Waals surface area contributed by atoms with Gasteiger partial charge in [0, 0.05) is 0 Å². The lowest BCUT2D eigenvalue weighted by Gasteiger charge is -2.05. The van der Waals surface area contributed by atoms with Crippen LogP contribution in [-0.4, -0.2) is 30.2 Å². The highest BCUT2D eigenvalue weighted by molar-refractivity contribution is 7.90. The lowest BCUT2D eigenvalue weighted by atomic mass is 10.2. The van der Waals surface area contributed by atoms with E-state index in [2.05, 4.69) is 4.98 Å². The first-order chi connectivity index (χ1) is 8.87. The SMILES string of the molecule is CC(CS(=O)(=O)Cc1nc2ccccc2s1)C(=O)O. The number of carboxylic acid groups (broad SMARTS) is 1. The van der Waals surface area contributed by atoms with Gasteiger partial charge in [-0.2, -0.15) is 0 Å². The summed E-state index contributed by atoms with van der Waals surface area (Å²) in [6.45, 7) is 1.39. The lowest BCUT2D eigenvalue weighted by Crippen LogP contribution is -2.22. The molecule has 19 heavy (non-hydrogen) atoms. The summed E-state index contributed by atoms with van der Waals surface area (Å²) in [5.74, 6) is -2.57. The van der Waals surface area contributed by atoms with Crippen LogP contribution in [0.25, 0.3) is 10.2 Å². The van der Waals surface area contributed by atoms with E-state index in [1.807, 2.05) is 24.3 Å². The van der Waals surface area contributed by atoms with Crippen molar-refractivity contribution in [2.45, 2.75) is 12.7 Å². The maximum Gasteiger partial charge on any atom is 0.307 e. The van der Waals surface area contributed by atoms with Gasteiger partial charge >= 0.3 is 5.97 Å². The first-order valence-electron chi connectivity index (χ1n) is 5.65. The summed E-state index contributed by atoms with van der Waals surface area (Å²) in [4.78, 5) is 14.9. The van der Waals surface area contributed by atoms with E-state index in [0.717, 1.165) is 10.2 Å². The fourth-order valence-corrected chi connectivity index (χ4v) is 4.68. The van der Waals surface area contributed by atoms with Gasteiger partial charge in [0.25, 0.3) is 0 Å². The van der Waals surface area contributed by atoms with Crippen molar-refractivity contribution < 1.29 is 18.3 Å². The number of benzene rings is 1. The van der Waals surface area contributed by atoms with Crippen LogP contribution in [0.4, 0.5) is 0 Å². The number of para-hydroxylation sites is 1. The van der Waals surface area contributed by atoms with Crippen molar-refractivity contribution in [2.75, 3.05) is 5.75 Å². The highest BCUT2D eigenvalue weighted by Crippen LogP contribution is 2.23. The number of nitrogens with zero attached hydrogens (tertiary/aromatic N) is 1. The molecule has 7 heteroatoms. The fourth-order valence-electron chi connectivity index (χ4n) is 1.68. The number of aliphatic carboxylic acids is 1. The van der Waals surface area contributed by atoms with Crippen molar-refractivity contribution in [1.82, 2.24) is 4.98 Å². The van der Waals surface area contributed by atoms with Gasteiger partial charge in [0.1, 0.15) is 10.8 Å². The van der Waals surface area contributed by atoms with E-state index in [0.29, 0.717) is 5.01 Å². The van der Waals surface area contributed by atoms with Crippen LogP contribution in [0.15, 0.2) is 24.3 Å². The fraction of sp³-hybridized carbons (Fsp3) is 0.333. The quantitative estimate of drug-likeness (QED) is 0.912. The summed E-state index contributed by atoms with van der Waals surface area (Å²) in [7, 11) is -3.46. The Bertz CT molecular complexity index is 672. The Morgan fingerprint density at radius 1 is 1.42 bits per heavy atom. The van der Waals surface area contributed by atoms with Gasteiger partial charge in [0.05, 0.1) is 21.9 Å². The van der Waals surface area contributed by atoms with Gasteiger partial charge in [-0.05, 0) is 12.1 Å². The monoisotopic (exact) mass is 299 g/mol. The average Bonchev–Trinajstić information content (AvgIpc) is 2.68. The number of fused-ring (bicyclic) bond motifs is 1. The van der Waals surface area contributed by atoms with Gasteiger partial charge < -0.3 is 5.11 Å². The summed E-state index contributed by atoms with van der Waals surface area (Å²) < 4.78 is 24.7. The molecule has 0 saturated carbocycles. The molecule has 2 aromatic rings. The number of carbonyl (C=O) groups is 1. The number of hydrogen-bond acceptors (Lipinski definition) is 5. The van der Waals surface area contributed by atoms with E-state index in [-0.39, 0.29) is 11.5 Å². The van der Waals surface area contributed by atoms with Crippen LogP contribution in [0, 0.1) is 5.92 Å². The molecule has 1 aromatic heterocycles. The minimum Gasteiger partial charge on any atom is -0.481 e. The maximum atomic E-state index is 11.9. The van der Waals surface area contributed by atoms with Crippen molar-refractivity contribution in [3.8, 4) is 0 Å². The molecule has 0 aliphatic rings. The molecule has 102 valence electrons. The van der Waals surface area contributed by atoms with Crippen molar-refractivity contribution >= 4 is 37.4 Å². The van der Waals surface area contributed by atoms with Gasteiger partial charge in [0.2, 0.25) is 0 Å². The zero-order valence-electron chi connectivity index (χ0n) is 10.2. The predicted octanol–water partition coefficient (Wildman–Crippen LogP) is 1.93. The molecule has 0 aliphatic carbocycles. The second kappa shape index (κ2) is 5.26. The molecule has 1 N–H and O–H groups in total. The Morgan fingerprint density at radius 2 is 2.11 bits per heavy atom. The van der Waals surface area contributed by atoms with Crippen LogP contribution < -0.4 is 0 Å². The van der Waals surface area contributed by atoms with Gasteiger partial charge in [-0.3, -0.25) is 4.79 Å². The summed E-state index contributed by atoms with van der Waals surface area (Å²) >= 11 is 1.32. The van der Waals surface area contributed by atoms with Crippen molar-refractivity contribution in [3.05, 3.63) is 29.3 Å². The molecule has 0 radical (unpaired) electrons. The molecule has 0 amide bonds. The topological polar surface area (TPSA) is 84.3 Å². The normalized spacial score (nSPS) is 13.5. The third-order valence-corrected chi connectivity index (χ3v) is 5.55. The highest BCUT2D eigenvalue weighted by Gasteiger charge is 2.22. The smallest absolute Gasteiger partial charge is 0.307 e. The van der Waals surface area contributed by atoms with Gasteiger partial charge in [-0.15, -0.1) is 11.3 Å². The van der Waals surface area contributed by atoms with E-state index in [1.54, 1.807) is 0 Å². The standard InChI is InChI=1S/C12H13NO4S2/c1-8(12(14)15)6-19(16,17)7-11-13-9-4-2-3-5-10(9)18-11/h2-5,8H,6-7H2,1H3,(H,14,15). The Balaban J connectivity index is 2.17. The molecule has 1 aromatic carbocycles. The number of aromatic nitrogens is 1. The Morgan fingerprint density at radius 3 is 2.74 bits per heavy atom. The lowest BCUT2D eigenvalue weighted by molar-refractivity contribution is -0.140. The number of hydrogen-bond donors (Lipinski definition) is 1. The molecular formula is C12H13NO4S2. The Labute approximate surface area is 114 Å². The van der Waals surface area contributed by atoms with Crippen LogP contribution in [0.3, 0.4) is 0 Å². The molecule has 0 saturated heterocycles. The number of rotatable bonds is 5. The van der Waals surface area contributed by atoms with Crippen LogP contribution in [0.5, 0.6) is 0 Å². The minimum absolute atomic E-state index is 0.204. The van der Waals surface area contributed by atoms with E-state index in [4.69, 9.17) is 5.11 Å². The van der Waals surface area contributed by atoms with E-state index in [1.165, 1.54) is 18.3 Å². The van der Waals surface area contributed by atoms with Crippen LogP contribution in [0.1, 0.15) is 11.9 Å². The first-order valence-corrected chi connectivity index (χ1v) is 8.29. The van der Waals surface area contributed by atoms with Gasteiger partial charge in [0.15, 0.2) is 9.84 Å². The number of thiazole rings is 1. The predicted molar refractivity (Wildman–Crippen MR) is 73.9 cm³/mol. The highest BCUT2D eigenvalue weighted by atomic mass is 32.2. The second-order valence-corrected chi connectivity index (χ2v) is 7.59. The van der Waals surface area contributed by atoms with Crippen LogP contribution in [0.2, 0.25) is 0 Å². The molecule has 2 rings (SSSR count). The number of carboxylic acids is 1. The van der Waals surface area contributed by atoms with Gasteiger partial charge in [-0.1, -0.05) is 19.1 Å². The van der Waals surface area contributed by atoms with Gasteiger partial charge in [-0.25, -0.2) is 13.4 Å². The van der Waals surface area contributed by atoms with Crippen molar-refractivity contribution in [1.29, 1.82) is 0 Å². The third kappa shape index (κ3) is 3.51. The molecule has 0 aliphatic heterocycles. The molecule has 1 atom stereocenters. The average molecular weight is 299 g/mol. The largest absolute Gasteiger partial charge is 0.481 e. The molecule has 1 unspecified atom stereocenters. The minimum atomic E-state index is -3.46. The molecule has 0 bridgehead atoms. The van der Waals surface area contributed by atoms with E-state index >= 15 is 0 Å². The Hall–Kier alpha value is -1.47.